The number of rotatable bonds is 11. The van der Waals surface area contributed by atoms with Crippen LogP contribution in [0.25, 0.3) is 0 Å². The van der Waals surface area contributed by atoms with Crippen LogP contribution in [0.1, 0.15) is 55.8 Å². The summed E-state index contributed by atoms with van der Waals surface area (Å²) in [5.41, 5.74) is 3.25. The van der Waals surface area contributed by atoms with E-state index in [1.807, 2.05) is 35.4 Å². The van der Waals surface area contributed by atoms with Crippen LogP contribution in [-0.2, 0) is 24.4 Å². The molecular weight excluding hydrogens is 375 g/mol. The second-order valence-corrected chi connectivity index (χ2v) is 7.80. The predicted octanol–water partition coefficient (Wildman–Crippen LogP) is 6.17. The van der Waals surface area contributed by atoms with Crippen molar-refractivity contribution in [1.29, 1.82) is 0 Å². The molecule has 2 aromatic carbocycles. The first-order valence-corrected chi connectivity index (χ1v) is 10.9. The third-order valence-corrected chi connectivity index (χ3v) is 5.36. The maximum Gasteiger partial charge on any atom is 0.223 e. The van der Waals surface area contributed by atoms with E-state index in [1.165, 1.54) is 25.0 Å². The zero-order chi connectivity index (χ0) is 21.2. The maximum atomic E-state index is 13.2. The number of aromatic nitrogens is 1. The highest BCUT2D eigenvalue weighted by Gasteiger charge is 2.16. The van der Waals surface area contributed by atoms with E-state index in [-0.39, 0.29) is 11.7 Å². The molecule has 1 aromatic heterocycles. The fourth-order valence-electron chi connectivity index (χ4n) is 3.63. The van der Waals surface area contributed by atoms with Gasteiger partial charge in [-0.1, -0.05) is 68.7 Å². The number of amides is 1. The molecule has 158 valence electrons. The van der Waals surface area contributed by atoms with Crippen molar-refractivity contribution in [3.63, 3.8) is 0 Å². The zero-order valence-corrected chi connectivity index (χ0v) is 17.8. The molecule has 0 aliphatic heterocycles. The summed E-state index contributed by atoms with van der Waals surface area (Å²) in [6.45, 7) is 4.01. The Morgan fingerprint density at radius 2 is 1.63 bits per heavy atom. The van der Waals surface area contributed by atoms with Crippen LogP contribution in [0.5, 0.6) is 0 Å². The third kappa shape index (κ3) is 6.58. The summed E-state index contributed by atoms with van der Waals surface area (Å²) in [5, 5.41) is 0. The van der Waals surface area contributed by atoms with Gasteiger partial charge in [0.25, 0.3) is 0 Å². The Morgan fingerprint density at radius 3 is 2.37 bits per heavy atom. The van der Waals surface area contributed by atoms with Crippen LogP contribution in [-0.4, -0.2) is 15.4 Å². The molecule has 1 amide bonds. The Labute approximate surface area is 179 Å². The van der Waals surface area contributed by atoms with E-state index in [2.05, 4.69) is 29.7 Å². The summed E-state index contributed by atoms with van der Waals surface area (Å²) in [4.78, 5) is 15.0. The Balaban J connectivity index is 1.71. The van der Waals surface area contributed by atoms with Crippen LogP contribution in [0.4, 0.5) is 4.39 Å². The number of hydrogen-bond acceptors (Lipinski definition) is 1. The van der Waals surface area contributed by atoms with Crippen molar-refractivity contribution in [2.24, 2.45) is 0 Å². The monoisotopic (exact) mass is 406 g/mol. The molecule has 0 bridgehead atoms. The standard InChI is InChI=1S/C26H31FN2O/c1-2-3-4-8-13-26(30)29(20-22-10-6-5-7-11-22)21-25-12-9-18-28(25)19-23-14-16-24(27)17-15-23/h5-7,9-12,14-18H,2-4,8,13,19-21H2,1H3. The SMILES string of the molecule is CCCCCCC(=O)N(Cc1ccccc1)Cc1cccn1Cc1ccc(F)cc1. The second-order valence-electron chi connectivity index (χ2n) is 7.80. The lowest BCUT2D eigenvalue weighted by molar-refractivity contribution is -0.132. The molecule has 0 saturated heterocycles. The molecule has 30 heavy (non-hydrogen) atoms. The number of benzene rings is 2. The summed E-state index contributed by atoms with van der Waals surface area (Å²) >= 11 is 0. The van der Waals surface area contributed by atoms with Crippen LogP contribution in [0.15, 0.2) is 72.9 Å². The lowest BCUT2D eigenvalue weighted by Gasteiger charge is -2.24. The first-order valence-electron chi connectivity index (χ1n) is 10.9. The number of carbonyl (C=O) groups is 1. The van der Waals surface area contributed by atoms with Crippen molar-refractivity contribution in [3.05, 3.63) is 95.6 Å². The average molecular weight is 407 g/mol. The van der Waals surface area contributed by atoms with Crippen molar-refractivity contribution in [1.82, 2.24) is 9.47 Å². The van der Waals surface area contributed by atoms with Crippen molar-refractivity contribution in [2.45, 2.75) is 58.7 Å². The summed E-state index contributed by atoms with van der Waals surface area (Å²) in [6, 6.07) is 20.8. The quantitative estimate of drug-likeness (QED) is 0.349. The van der Waals surface area contributed by atoms with Crippen molar-refractivity contribution in [2.75, 3.05) is 0 Å². The normalized spacial score (nSPS) is 10.9. The third-order valence-electron chi connectivity index (χ3n) is 5.36. The van der Waals surface area contributed by atoms with E-state index in [0.717, 1.165) is 29.7 Å². The number of hydrogen-bond donors (Lipinski definition) is 0. The number of carbonyl (C=O) groups excluding carboxylic acids is 1. The molecule has 0 N–H and O–H groups in total. The summed E-state index contributed by atoms with van der Waals surface area (Å²) in [5.74, 6) is -0.0290. The fraction of sp³-hybridized carbons (Fsp3) is 0.346. The molecule has 0 atom stereocenters. The highest BCUT2D eigenvalue weighted by molar-refractivity contribution is 5.76. The van der Waals surface area contributed by atoms with Gasteiger partial charge in [-0.25, -0.2) is 4.39 Å². The molecule has 0 fully saturated rings. The Bertz CT molecular complexity index is 902. The van der Waals surface area contributed by atoms with Gasteiger partial charge in [0.05, 0.1) is 6.54 Å². The molecule has 3 aromatic rings. The number of halogens is 1. The molecule has 3 nitrogen and oxygen atoms in total. The summed E-state index contributed by atoms with van der Waals surface area (Å²) < 4.78 is 15.3. The van der Waals surface area contributed by atoms with Crippen LogP contribution < -0.4 is 0 Å². The Hall–Kier alpha value is -2.88. The molecule has 0 aliphatic carbocycles. The van der Waals surface area contributed by atoms with Gasteiger partial charge in [0.2, 0.25) is 5.91 Å². The molecule has 3 rings (SSSR count). The molecule has 1 heterocycles. The molecule has 0 aliphatic rings. The smallest absolute Gasteiger partial charge is 0.223 e. The minimum absolute atomic E-state index is 0.199. The van der Waals surface area contributed by atoms with Gasteiger partial charge >= 0.3 is 0 Å². The van der Waals surface area contributed by atoms with Gasteiger partial charge in [-0.3, -0.25) is 4.79 Å². The van der Waals surface area contributed by atoms with E-state index >= 15 is 0 Å². The fourth-order valence-corrected chi connectivity index (χ4v) is 3.63. The highest BCUT2D eigenvalue weighted by Crippen LogP contribution is 2.16. The van der Waals surface area contributed by atoms with Gasteiger partial charge in [-0.05, 0) is 41.8 Å². The maximum absolute atomic E-state index is 13.2. The second kappa shape index (κ2) is 11.3. The zero-order valence-electron chi connectivity index (χ0n) is 17.8. The van der Waals surface area contributed by atoms with Crippen LogP contribution in [0.3, 0.4) is 0 Å². The van der Waals surface area contributed by atoms with Gasteiger partial charge in [0.15, 0.2) is 0 Å². The first kappa shape index (κ1) is 21.8. The van der Waals surface area contributed by atoms with Gasteiger partial charge < -0.3 is 9.47 Å². The molecule has 0 saturated carbocycles. The largest absolute Gasteiger partial charge is 0.345 e. The first-order chi connectivity index (χ1) is 14.7. The summed E-state index contributed by atoms with van der Waals surface area (Å²) in [7, 11) is 0. The topological polar surface area (TPSA) is 25.2 Å². The van der Waals surface area contributed by atoms with E-state index < -0.39 is 0 Å². The van der Waals surface area contributed by atoms with E-state index in [0.29, 0.717) is 26.1 Å². The average Bonchev–Trinajstić information content (AvgIpc) is 3.19. The molecular formula is C26H31FN2O. The van der Waals surface area contributed by atoms with Crippen molar-refractivity contribution in [3.8, 4) is 0 Å². The van der Waals surface area contributed by atoms with Crippen molar-refractivity contribution < 1.29 is 9.18 Å². The predicted molar refractivity (Wildman–Crippen MR) is 119 cm³/mol. The highest BCUT2D eigenvalue weighted by atomic mass is 19.1. The van der Waals surface area contributed by atoms with E-state index in [9.17, 15) is 9.18 Å². The van der Waals surface area contributed by atoms with E-state index in [1.54, 1.807) is 12.1 Å². The number of unbranched alkanes of at least 4 members (excludes halogenated alkanes) is 3. The van der Waals surface area contributed by atoms with Crippen molar-refractivity contribution >= 4 is 5.91 Å². The number of nitrogens with zero attached hydrogens (tertiary/aromatic N) is 2. The minimum atomic E-state index is -0.228. The van der Waals surface area contributed by atoms with Crippen LogP contribution in [0.2, 0.25) is 0 Å². The minimum Gasteiger partial charge on any atom is -0.345 e. The summed E-state index contributed by atoms with van der Waals surface area (Å²) in [6.07, 6.45) is 6.98. The Morgan fingerprint density at radius 1 is 0.867 bits per heavy atom. The van der Waals surface area contributed by atoms with Crippen LogP contribution >= 0.6 is 0 Å². The lowest BCUT2D eigenvalue weighted by atomic mass is 10.1. The van der Waals surface area contributed by atoms with Crippen LogP contribution in [0, 0.1) is 5.82 Å². The van der Waals surface area contributed by atoms with Gasteiger partial charge in [0.1, 0.15) is 5.82 Å². The van der Waals surface area contributed by atoms with Gasteiger partial charge in [0, 0.05) is 31.4 Å². The molecule has 4 heteroatoms. The molecule has 0 radical (unpaired) electrons. The lowest BCUT2D eigenvalue weighted by Crippen LogP contribution is -2.30. The Kier molecular flexibility index (Phi) is 8.25. The van der Waals surface area contributed by atoms with E-state index in [4.69, 9.17) is 0 Å². The van der Waals surface area contributed by atoms with Gasteiger partial charge in [-0.2, -0.15) is 0 Å². The molecule has 0 unspecified atom stereocenters. The van der Waals surface area contributed by atoms with Gasteiger partial charge in [-0.15, -0.1) is 0 Å². The molecule has 0 spiro atoms.